The number of nitrogens with one attached hydrogen (secondary N) is 2. The maximum atomic E-state index is 12.2. The van der Waals surface area contributed by atoms with E-state index in [-0.39, 0.29) is 18.5 Å². The third-order valence-corrected chi connectivity index (χ3v) is 4.33. The lowest BCUT2D eigenvalue weighted by Crippen LogP contribution is -2.23. The molecular formula is C21H17N3O3. The number of H-pyrrole nitrogens is 1. The third kappa shape index (κ3) is 3.62. The molecule has 1 aromatic heterocycles. The van der Waals surface area contributed by atoms with Crippen LogP contribution in [-0.4, -0.2) is 36.7 Å². The van der Waals surface area contributed by atoms with Crippen LogP contribution >= 0.6 is 0 Å². The molecule has 2 N–H and O–H groups in total. The average molecular weight is 359 g/mol. The van der Waals surface area contributed by atoms with Crippen molar-refractivity contribution >= 4 is 28.6 Å². The predicted octanol–water partition coefficient (Wildman–Crippen LogP) is 2.91. The molecule has 3 aromatic rings. The summed E-state index contributed by atoms with van der Waals surface area (Å²) in [6.07, 6.45) is 1.52. The highest BCUT2D eigenvalue weighted by molar-refractivity contribution is 5.98. The zero-order valence-corrected chi connectivity index (χ0v) is 14.5. The Kier molecular flexibility index (Phi) is 4.50. The van der Waals surface area contributed by atoms with Gasteiger partial charge < -0.3 is 15.0 Å². The Labute approximate surface area is 156 Å². The van der Waals surface area contributed by atoms with E-state index in [4.69, 9.17) is 4.74 Å². The fourth-order valence-electron chi connectivity index (χ4n) is 2.91. The van der Waals surface area contributed by atoms with Crippen molar-refractivity contribution in [3.05, 3.63) is 65.9 Å². The lowest BCUT2D eigenvalue weighted by atomic mass is 10.1. The van der Waals surface area contributed by atoms with Crippen LogP contribution < -0.4 is 10.2 Å². The van der Waals surface area contributed by atoms with Gasteiger partial charge in [-0.15, -0.1) is 0 Å². The number of carbonyl (C=O) groups is 2. The van der Waals surface area contributed by atoms with Crippen LogP contribution in [0.4, 0.5) is 10.5 Å². The quantitative estimate of drug-likeness (QED) is 0.706. The van der Waals surface area contributed by atoms with E-state index in [1.807, 2.05) is 48.7 Å². The van der Waals surface area contributed by atoms with Crippen molar-refractivity contribution in [2.45, 2.75) is 0 Å². The molecule has 27 heavy (non-hydrogen) atoms. The Morgan fingerprint density at radius 2 is 2.04 bits per heavy atom. The molecule has 6 heteroatoms. The minimum absolute atomic E-state index is 0.163. The molecule has 0 aliphatic carbocycles. The van der Waals surface area contributed by atoms with Crippen molar-refractivity contribution in [3.8, 4) is 11.8 Å². The molecule has 1 saturated heterocycles. The summed E-state index contributed by atoms with van der Waals surface area (Å²) < 4.78 is 4.92. The summed E-state index contributed by atoms with van der Waals surface area (Å²) in [5.74, 6) is 5.77. The van der Waals surface area contributed by atoms with Crippen molar-refractivity contribution in [2.24, 2.45) is 0 Å². The third-order valence-electron chi connectivity index (χ3n) is 4.33. The molecule has 1 aliphatic heterocycles. The number of anilines is 1. The first-order valence-electron chi connectivity index (χ1n) is 8.59. The van der Waals surface area contributed by atoms with Crippen LogP contribution in [0.15, 0.2) is 54.7 Å². The van der Waals surface area contributed by atoms with Gasteiger partial charge in [-0.1, -0.05) is 17.9 Å². The molecule has 2 heterocycles. The van der Waals surface area contributed by atoms with E-state index in [0.29, 0.717) is 18.7 Å². The molecule has 1 fully saturated rings. The Balaban J connectivity index is 1.34. The normalized spacial score (nSPS) is 13.2. The number of benzene rings is 2. The van der Waals surface area contributed by atoms with E-state index in [1.165, 1.54) is 0 Å². The van der Waals surface area contributed by atoms with Crippen LogP contribution in [0, 0.1) is 11.8 Å². The van der Waals surface area contributed by atoms with Crippen molar-refractivity contribution in [2.75, 3.05) is 24.6 Å². The van der Waals surface area contributed by atoms with Gasteiger partial charge in [0, 0.05) is 28.5 Å². The molecule has 0 bridgehead atoms. The fraction of sp³-hybridized carbons (Fsp3) is 0.143. The minimum Gasteiger partial charge on any atom is -0.447 e. The van der Waals surface area contributed by atoms with Gasteiger partial charge in [-0.25, -0.2) is 4.79 Å². The number of carbonyl (C=O) groups excluding carboxylic acids is 2. The van der Waals surface area contributed by atoms with Gasteiger partial charge in [-0.05, 0) is 47.9 Å². The molecule has 0 radical (unpaired) electrons. The lowest BCUT2D eigenvalue weighted by Gasteiger charge is -2.11. The molecule has 1 aliphatic rings. The van der Waals surface area contributed by atoms with Crippen LogP contribution in [0.2, 0.25) is 0 Å². The molecule has 0 atom stereocenters. The molecule has 2 amide bonds. The largest absolute Gasteiger partial charge is 0.447 e. The number of rotatable bonds is 3. The molecule has 2 aromatic carbocycles. The highest BCUT2D eigenvalue weighted by Gasteiger charge is 2.23. The molecular weight excluding hydrogens is 342 g/mol. The zero-order chi connectivity index (χ0) is 18.6. The van der Waals surface area contributed by atoms with Gasteiger partial charge in [0.1, 0.15) is 6.61 Å². The summed E-state index contributed by atoms with van der Waals surface area (Å²) >= 11 is 0. The highest BCUT2D eigenvalue weighted by atomic mass is 16.6. The van der Waals surface area contributed by atoms with Crippen molar-refractivity contribution in [1.29, 1.82) is 0 Å². The van der Waals surface area contributed by atoms with E-state index in [1.54, 1.807) is 11.0 Å². The van der Waals surface area contributed by atoms with Crippen LogP contribution in [0.5, 0.6) is 0 Å². The van der Waals surface area contributed by atoms with Crippen molar-refractivity contribution in [3.63, 3.8) is 0 Å². The van der Waals surface area contributed by atoms with E-state index in [9.17, 15) is 9.59 Å². The van der Waals surface area contributed by atoms with E-state index in [2.05, 4.69) is 22.1 Å². The first kappa shape index (κ1) is 16.7. The number of nitrogens with zero attached hydrogens (tertiary/aromatic N) is 1. The number of aromatic amines is 1. The van der Waals surface area contributed by atoms with Crippen LogP contribution in [-0.2, 0) is 4.74 Å². The number of ether oxygens (including phenoxy) is 1. The minimum atomic E-state index is -0.325. The van der Waals surface area contributed by atoms with Gasteiger partial charge in [-0.2, -0.15) is 0 Å². The summed E-state index contributed by atoms with van der Waals surface area (Å²) in [6, 6.07) is 14.8. The van der Waals surface area contributed by atoms with Crippen LogP contribution in [0.3, 0.4) is 0 Å². The molecule has 6 nitrogen and oxygen atoms in total. The zero-order valence-electron chi connectivity index (χ0n) is 14.5. The van der Waals surface area contributed by atoms with Crippen molar-refractivity contribution < 1.29 is 14.3 Å². The van der Waals surface area contributed by atoms with Gasteiger partial charge in [-0.3, -0.25) is 9.69 Å². The first-order valence-corrected chi connectivity index (χ1v) is 8.59. The topological polar surface area (TPSA) is 74.4 Å². The Bertz CT molecular complexity index is 1060. The summed E-state index contributed by atoms with van der Waals surface area (Å²) in [6.45, 7) is 1.23. The monoisotopic (exact) mass is 359 g/mol. The number of hydrogen-bond donors (Lipinski definition) is 2. The predicted molar refractivity (Wildman–Crippen MR) is 103 cm³/mol. The smallest absolute Gasteiger partial charge is 0.414 e. The highest BCUT2D eigenvalue weighted by Crippen LogP contribution is 2.18. The van der Waals surface area contributed by atoms with E-state index >= 15 is 0 Å². The van der Waals surface area contributed by atoms with Gasteiger partial charge >= 0.3 is 6.09 Å². The number of amides is 2. The maximum absolute atomic E-state index is 12.2. The van der Waals surface area contributed by atoms with Crippen LogP contribution in [0.25, 0.3) is 10.9 Å². The van der Waals surface area contributed by atoms with Gasteiger partial charge in [0.25, 0.3) is 5.91 Å². The van der Waals surface area contributed by atoms with Crippen LogP contribution in [0.1, 0.15) is 15.9 Å². The first-order chi connectivity index (χ1) is 13.2. The molecule has 4 rings (SSSR count). The Morgan fingerprint density at radius 3 is 2.81 bits per heavy atom. The summed E-state index contributed by atoms with van der Waals surface area (Å²) in [5.41, 5.74) is 3.12. The average Bonchev–Trinajstić information content (AvgIpc) is 3.33. The SMILES string of the molecule is O=C(NCC#Cc1ccc(N2CCOC2=O)cc1)c1ccc2cc[nH]c2c1. The number of hydrogen-bond acceptors (Lipinski definition) is 3. The Hall–Kier alpha value is -3.72. The lowest BCUT2D eigenvalue weighted by molar-refractivity contribution is 0.0958. The van der Waals surface area contributed by atoms with Crippen molar-refractivity contribution in [1.82, 2.24) is 10.3 Å². The van der Waals surface area contributed by atoms with E-state index in [0.717, 1.165) is 22.2 Å². The Morgan fingerprint density at radius 1 is 1.19 bits per heavy atom. The molecule has 134 valence electrons. The fourth-order valence-corrected chi connectivity index (χ4v) is 2.91. The second-order valence-electron chi connectivity index (χ2n) is 6.08. The standard InChI is InChI=1S/C21H17N3O3/c25-20(17-6-5-16-9-11-22-19(16)14-17)23-10-1-2-15-3-7-18(8-4-15)24-12-13-27-21(24)26/h3-9,11,14,22H,10,12-13H2,(H,23,25). The van der Waals surface area contributed by atoms with Gasteiger partial charge in [0.2, 0.25) is 0 Å². The molecule has 0 spiro atoms. The van der Waals surface area contributed by atoms with Gasteiger partial charge in [0.05, 0.1) is 13.1 Å². The second-order valence-corrected chi connectivity index (χ2v) is 6.08. The summed E-state index contributed by atoms with van der Waals surface area (Å²) in [7, 11) is 0. The molecule has 0 saturated carbocycles. The number of cyclic esters (lactones) is 1. The maximum Gasteiger partial charge on any atom is 0.414 e. The number of fused-ring (bicyclic) bond motifs is 1. The second kappa shape index (κ2) is 7.26. The number of aromatic nitrogens is 1. The van der Waals surface area contributed by atoms with Gasteiger partial charge in [0.15, 0.2) is 0 Å². The molecule has 0 unspecified atom stereocenters. The summed E-state index contributed by atoms with van der Waals surface area (Å²) in [4.78, 5) is 28.4. The van der Waals surface area contributed by atoms with E-state index < -0.39 is 0 Å². The summed E-state index contributed by atoms with van der Waals surface area (Å²) in [5, 5.41) is 3.86.